The van der Waals surface area contributed by atoms with Gasteiger partial charge in [0, 0.05) is 30.8 Å². The third kappa shape index (κ3) is 3.60. The number of nitrogens with one attached hydrogen (secondary N) is 1. The smallest absolute Gasteiger partial charge is 0.225 e. The standard InChI is InChI=1S/C18H24N4O/c1-18(2,3)17(23)19-14-9-10-15-20-21-16(22(15)12-14)11-13-7-5-4-6-8-13/h4-8,14H,9-12H2,1-3H3,(H,19,23)/t14-/m0/s1. The number of aromatic nitrogens is 3. The highest BCUT2D eigenvalue weighted by Gasteiger charge is 2.28. The summed E-state index contributed by atoms with van der Waals surface area (Å²) in [6, 6.07) is 10.4. The van der Waals surface area contributed by atoms with Crippen molar-refractivity contribution >= 4 is 5.91 Å². The van der Waals surface area contributed by atoms with Crippen LogP contribution in [0.5, 0.6) is 0 Å². The molecule has 1 amide bonds. The molecule has 0 spiro atoms. The van der Waals surface area contributed by atoms with Gasteiger partial charge in [-0.2, -0.15) is 0 Å². The molecule has 1 aromatic carbocycles. The molecule has 0 bridgehead atoms. The third-order valence-corrected chi connectivity index (χ3v) is 4.24. The first-order valence-electron chi connectivity index (χ1n) is 8.19. The van der Waals surface area contributed by atoms with Gasteiger partial charge < -0.3 is 9.88 Å². The number of nitrogens with zero attached hydrogens (tertiary/aromatic N) is 3. The Morgan fingerprint density at radius 2 is 2.00 bits per heavy atom. The number of aryl methyl sites for hydroxylation is 1. The molecule has 0 radical (unpaired) electrons. The number of carbonyl (C=O) groups excluding carboxylic acids is 1. The van der Waals surface area contributed by atoms with Gasteiger partial charge in [-0.25, -0.2) is 0 Å². The van der Waals surface area contributed by atoms with E-state index in [4.69, 9.17) is 0 Å². The van der Waals surface area contributed by atoms with E-state index >= 15 is 0 Å². The van der Waals surface area contributed by atoms with Crippen molar-refractivity contribution in [3.63, 3.8) is 0 Å². The van der Waals surface area contributed by atoms with Crippen LogP contribution in [0.25, 0.3) is 0 Å². The maximum absolute atomic E-state index is 12.2. The third-order valence-electron chi connectivity index (χ3n) is 4.24. The lowest BCUT2D eigenvalue weighted by Crippen LogP contribution is -2.45. The molecular formula is C18H24N4O. The molecule has 5 heteroatoms. The van der Waals surface area contributed by atoms with Crippen LogP contribution in [0.3, 0.4) is 0 Å². The summed E-state index contributed by atoms with van der Waals surface area (Å²) in [5.41, 5.74) is 0.865. The van der Waals surface area contributed by atoms with Crippen molar-refractivity contribution in [2.45, 2.75) is 52.6 Å². The summed E-state index contributed by atoms with van der Waals surface area (Å²) < 4.78 is 2.17. The predicted octanol–water partition coefficient (Wildman–Crippen LogP) is 2.35. The lowest BCUT2D eigenvalue weighted by molar-refractivity contribution is -0.129. The van der Waals surface area contributed by atoms with E-state index in [1.54, 1.807) is 0 Å². The molecule has 0 unspecified atom stereocenters. The van der Waals surface area contributed by atoms with Crippen molar-refractivity contribution in [3.8, 4) is 0 Å². The minimum Gasteiger partial charge on any atom is -0.351 e. The van der Waals surface area contributed by atoms with Crippen molar-refractivity contribution in [2.24, 2.45) is 5.41 Å². The second-order valence-corrected chi connectivity index (χ2v) is 7.26. The fourth-order valence-electron chi connectivity index (χ4n) is 2.81. The van der Waals surface area contributed by atoms with Gasteiger partial charge in [0.2, 0.25) is 5.91 Å². The zero-order chi connectivity index (χ0) is 16.4. The van der Waals surface area contributed by atoms with E-state index in [0.29, 0.717) is 0 Å². The first-order valence-corrected chi connectivity index (χ1v) is 8.19. The molecule has 0 saturated heterocycles. The molecule has 0 aliphatic carbocycles. The molecule has 2 heterocycles. The van der Waals surface area contributed by atoms with E-state index < -0.39 is 0 Å². The number of amides is 1. The second kappa shape index (κ2) is 6.14. The Morgan fingerprint density at radius 1 is 1.26 bits per heavy atom. The normalized spacial score (nSPS) is 17.6. The molecule has 2 aromatic rings. The molecular weight excluding hydrogens is 288 g/mol. The molecule has 1 atom stereocenters. The van der Waals surface area contributed by atoms with Crippen LogP contribution < -0.4 is 5.32 Å². The summed E-state index contributed by atoms with van der Waals surface area (Å²) in [6.45, 7) is 6.58. The van der Waals surface area contributed by atoms with E-state index in [2.05, 4.69) is 32.2 Å². The maximum atomic E-state index is 12.2. The van der Waals surface area contributed by atoms with Gasteiger partial charge in [0.25, 0.3) is 0 Å². The van der Waals surface area contributed by atoms with Crippen LogP contribution in [-0.4, -0.2) is 26.7 Å². The van der Waals surface area contributed by atoms with Crippen LogP contribution in [0.2, 0.25) is 0 Å². The van der Waals surface area contributed by atoms with Gasteiger partial charge in [0.15, 0.2) is 0 Å². The zero-order valence-electron chi connectivity index (χ0n) is 14.0. The van der Waals surface area contributed by atoms with Gasteiger partial charge in [-0.15, -0.1) is 10.2 Å². The van der Waals surface area contributed by atoms with Gasteiger partial charge in [0.05, 0.1) is 0 Å². The zero-order valence-corrected chi connectivity index (χ0v) is 14.0. The van der Waals surface area contributed by atoms with Gasteiger partial charge >= 0.3 is 0 Å². The average molecular weight is 312 g/mol. The van der Waals surface area contributed by atoms with Crippen LogP contribution in [0, 0.1) is 5.41 Å². The number of hydrogen-bond donors (Lipinski definition) is 1. The molecule has 1 aromatic heterocycles. The molecule has 0 fully saturated rings. The topological polar surface area (TPSA) is 59.8 Å². The Kier molecular flexibility index (Phi) is 4.20. The van der Waals surface area contributed by atoms with E-state index in [1.165, 1.54) is 5.56 Å². The van der Waals surface area contributed by atoms with Crippen LogP contribution in [0.4, 0.5) is 0 Å². The van der Waals surface area contributed by atoms with Crippen LogP contribution in [-0.2, 0) is 24.2 Å². The van der Waals surface area contributed by atoms with Crippen LogP contribution >= 0.6 is 0 Å². The minimum atomic E-state index is -0.361. The largest absolute Gasteiger partial charge is 0.351 e. The van der Waals surface area contributed by atoms with Crippen LogP contribution in [0.15, 0.2) is 30.3 Å². The Bertz CT molecular complexity index is 685. The number of fused-ring (bicyclic) bond motifs is 1. The SMILES string of the molecule is CC(C)(C)C(=O)N[C@H]1CCc2nnc(Cc3ccccc3)n2C1. The fourth-order valence-corrected chi connectivity index (χ4v) is 2.81. The Labute approximate surface area is 137 Å². The van der Waals surface area contributed by atoms with E-state index in [1.807, 2.05) is 39.0 Å². The Hall–Kier alpha value is -2.17. The number of rotatable bonds is 3. The quantitative estimate of drug-likeness (QED) is 0.946. The first-order chi connectivity index (χ1) is 10.9. The highest BCUT2D eigenvalue weighted by atomic mass is 16.2. The highest BCUT2D eigenvalue weighted by molar-refractivity contribution is 5.81. The maximum Gasteiger partial charge on any atom is 0.225 e. The van der Waals surface area contributed by atoms with Crippen molar-refractivity contribution in [3.05, 3.63) is 47.5 Å². The van der Waals surface area contributed by atoms with Crippen molar-refractivity contribution in [1.82, 2.24) is 20.1 Å². The monoisotopic (exact) mass is 312 g/mol. The lowest BCUT2D eigenvalue weighted by atomic mass is 9.94. The molecule has 1 N–H and O–H groups in total. The van der Waals surface area contributed by atoms with Gasteiger partial charge in [0.1, 0.15) is 11.6 Å². The van der Waals surface area contributed by atoms with E-state index in [9.17, 15) is 4.79 Å². The van der Waals surface area contributed by atoms with E-state index in [-0.39, 0.29) is 17.4 Å². The van der Waals surface area contributed by atoms with Crippen molar-refractivity contribution in [2.75, 3.05) is 0 Å². The second-order valence-electron chi connectivity index (χ2n) is 7.26. The Balaban J connectivity index is 1.72. The first kappa shape index (κ1) is 15.7. The predicted molar refractivity (Wildman–Crippen MR) is 89.0 cm³/mol. The summed E-state index contributed by atoms with van der Waals surface area (Å²) >= 11 is 0. The fraction of sp³-hybridized carbons (Fsp3) is 0.500. The molecule has 0 saturated carbocycles. The molecule has 1 aliphatic rings. The summed E-state index contributed by atoms with van der Waals surface area (Å²) in [7, 11) is 0. The molecule has 122 valence electrons. The van der Waals surface area contributed by atoms with Gasteiger partial charge in [-0.1, -0.05) is 51.1 Å². The summed E-state index contributed by atoms with van der Waals surface area (Å²) in [6.07, 6.45) is 2.55. The molecule has 23 heavy (non-hydrogen) atoms. The summed E-state index contributed by atoms with van der Waals surface area (Å²) in [5.74, 6) is 2.10. The minimum absolute atomic E-state index is 0.101. The average Bonchev–Trinajstić information content (AvgIpc) is 2.90. The summed E-state index contributed by atoms with van der Waals surface area (Å²) in [4.78, 5) is 12.2. The van der Waals surface area contributed by atoms with E-state index in [0.717, 1.165) is 37.5 Å². The molecule has 1 aliphatic heterocycles. The molecule has 5 nitrogen and oxygen atoms in total. The lowest BCUT2D eigenvalue weighted by Gasteiger charge is -2.28. The van der Waals surface area contributed by atoms with Gasteiger partial charge in [-0.05, 0) is 12.0 Å². The Morgan fingerprint density at radius 3 is 2.70 bits per heavy atom. The van der Waals surface area contributed by atoms with Crippen molar-refractivity contribution in [1.29, 1.82) is 0 Å². The number of benzene rings is 1. The van der Waals surface area contributed by atoms with Gasteiger partial charge in [-0.3, -0.25) is 4.79 Å². The van der Waals surface area contributed by atoms with Crippen molar-refractivity contribution < 1.29 is 4.79 Å². The number of carbonyl (C=O) groups is 1. The van der Waals surface area contributed by atoms with Crippen LogP contribution in [0.1, 0.15) is 44.4 Å². The summed E-state index contributed by atoms with van der Waals surface area (Å²) in [5, 5.41) is 11.8. The number of hydrogen-bond acceptors (Lipinski definition) is 3. The molecule has 3 rings (SSSR count). The highest BCUT2D eigenvalue weighted by Crippen LogP contribution is 2.19.